The molecular weight excluding hydrogens is 704 g/mol. The first kappa shape index (κ1) is 36.3. The van der Waals surface area contributed by atoms with Crippen LogP contribution in [0.5, 0.6) is 0 Å². The first-order valence-corrected chi connectivity index (χ1v) is 19.0. The number of imidazole rings is 2. The molecule has 288 valence electrons. The van der Waals surface area contributed by atoms with Crippen LogP contribution in [0.1, 0.15) is 68.7 Å². The number of rotatable bonds is 11. The highest BCUT2D eigenvalue weighted by molar-refractivity contribution is 5.88. The van der Waals surface area contributed by atoms with E-state index in [0.717, 1.165) is 78.0 Å². The minimum Gasteiger partial charge on any atom is -0.453 e. The van der Waals surface area contributed by atoms with Crippen LogP contribution in [0.25, 0.3) is 33.6 Å². The number of ether oxygens (including phenoxy) is 2. The van der Waals surface area contributed by atoms with Gasteiger partial charge < -0.3 is 45.0 Å². The van der Waals surface area contributed by atoms with E-state index >= 15 is 0 Å². The second-order valence-electron chi connectivity index (χ2n) is 15.0. The molecule has 4 amide bonds. The SMILES string of the molecule is COC(=O)NC(C(=O)N1CCC[C@H]1c1ncc(-c2ccc(-c3ccc(-c4cnc([C@@H]5C[C@@H](O)CN5C(=O)[C@@H](NC(=O)OC)C5CC5)[nH]4)cc3)cc2)[nH]1)C1CC1. The van der Waals surface area contributed by atoms with E-state index in [0.29, 0.717) is 18.8 Å². The Morgan fingerprint density at radius 2 is 1.15 bits per heavy atom. The molecule has 0 radical (unpaired) electrons. The molecule has 55 heavy (non-hydrogen) atoms. The van der Waals surface area contributed by atoms with E-state index in [2.05, 4.69) is 42.7 Å². The van der Waals surface area contributed by atoms with Crippen LogP contribution in [0.2, 0.25) is 0 Å². The minimum atomic E-state index is -0.697. The summed E-state index contributed by atoms with van der Waals surface area (Å²) in [6.07, 6.45) is 7.12. The Labute approximate surface area is 318 Å². The van der Waals surface area contributed by atoms with Crippen molar-refractivity contribution >= 4 is 24.0 Å². The average molecular weight is 751 g/mol. The fraction of sp³-hybridized carbons (Fsp3) is 0.450. The Morgan fingerprint density at radius 1 is 0.691 bits per heavy atom. The minimum absolute atomic E-state index is 0.0569. The van der Waals surface area contributed by atoms with Gasteiger partial charge in [0.1, 0.15) is 23.7 Å². The summed E-state index contributed by atoms with van der Waals surface area (Å²) in [5.74, 6) is 1.19. The van der Waals surface area contributed by atoms with Gasteiger partial charge in [0, 0.05) is 19.5 Å². The first-order chi connectivity index (χ1) is 26.7. The molecule has 1 unspecified atom stereocenters. The standard InChI is InChI=1S/C40H46N8O7/c1-54-39(52)45-33(26-13-14-26)37(50)47-17-3-4-31(47)35-41-19-29(43-35)24-9-5-22(6-10-24)23-7-11-25(12-8-23)30-20-42-36(44-30)32-18-28(49)21-48(32)38(51)34(27-15-16-27)46-40(53)55-2/h5-12,19-20,26-28,31-34,49H,3-4,13-18,21H2,1-2H3,(H,41,43)(H,42,44)(H,45,52)(H,46,53)/t28-,31+,32+,33?,34+/m1/s1. The number of amides is 4. The van der Waals surface area contributed by atoms with Gasteiger partial charge in [0.2, 0.25) is 11.8 Å². The second-order valence-corrected chi connectivity index (χ2v) is 15.0. The Morgan fingerprint density at radius 3 is 1.62 bits per heavy atom. The number of hydrogen-bond acceptors (Lipinski definition) is 9. The number of aliphatic hydroxyl groups excluding tert-OH is 1. The molecule has 4 fully saturated rings. The largest absolute Gasteiger partial charge is 0.453 e. The summed E-state index contributed by atoms with van der Waals surface area (Å²) in [6.45, 7) is 0.780. The van der Waals surface area contributed by atoms with Crippen molar-refractivity contribution in [1.82, 2.24) is 40.4 Å². The van der Waals surface area contributed by atoms with E-state index in [9.17, 15) is 24.3 Å². The van der Waals surface area contributed by atoms with Crippen LogP contribution in [0.4, 0.5) is 9.59 Å². The highest BCUT2D eigenvalue weighted by Gasteiger charge is 2.46. The van der Waals surface area contributed by atoms with Crippen LogP contribution >= 0.6 is 0 Å². The van der Waals surface area contributed by atoms with Crippen molar-refractivity contribution in [2.75, 3.05) is 27.3 Å². The van der Waals surface area contributed by atoms with Gasteiger partial charge in [-0.05, 0) is 72.6 Å². The number of alkyl carbamates (subject to hydrolysis) is 2. The van der Waals surface area contributed by atoms with Gasteiger partial charge in [-0.2, -0.15) is 0 Å². The fourth-order valence-electron chi connectivity index (χ4n) is 7.97. The van der Waals surface area contributed by atoms with Gasteiger partial charge in [-0.15, -0.1) is 0 Å². The molecule has 5 N–H and O–H groups in total. The van der Waals surface area contributed by atoms with Gasteiger partial charge in [0.25, 0.3) is 0 Å². The van der Waals surface area contributed by atoms with Crippen LogP contribution in [0.15, 0.2) is 60.9 Å². The lowest BCUT2D eigenvalue weighted by molar-refractivity contribution is -0.135. The van der Waals surface area contributed by atoms with Gasteiger partial charge in [0.15, 0.2) is 0 Å². The van der Waals surface area contributed by atoms with E-state index in [1.165, 1.54) is 14.2 Å². The van der Waals surface area contributed by atoms with Crippen molar-refractivity contribution in [3.63, 3.8) is 0 Å². The molecule has 2 aliphatic heterocycles. The number of benzene rings is 2. The summed E-state index contributed by atoms with van der Waals surface area (Å²) in [5.41, 5.74) is 5.61. The monoisotopic (exact) mass is 750 g/mol. The van der Waals surface area contributed by atoms with Crippen molar-refractivity contribution in [2.45, 2.75) is 75.2 Å². The van der Waals surface area contributed by atoms with E-state index in [-0.39, 0.29) is 36.2 Å². The number of aliphatic hydroxyl groups is 1. The van der Waals surface area contributed by atoms with Gasteiger partial charge in [-0.1, -0.05) is 48.5 Å². The molecule has 15 nitrogen and oxygen atoms in total. The van der Waals surface area contributed by atoms with Crippen molar-refractivity contribution in [3.8, 4) is 33.6 Å². The number of aromatic amines is 2. The van der Waals surface area contributed by atoms with E-state index < -0.39 is 36.4 Å². The topological polar surface area (TPSA) is 195 Å². The summed E-state index contributed by atoms with van der Waals surface area (Å²) >= 11 is 0. The lowest BCUT2D eigenvalue weighted by Gasteiger charge is -2.28. The highest BCUT2D eigenvalue weighted by atomic mass is 16.5. The zero-order chi connectivity index (χ0) is 38.2. The second kappa shape index (κ2) is 15.2. The Bertz CT molecular complexity index is 2040. The zero-order valence-electron chi connectivity index (χ0n) is 30.9. The number of aromatic nitrogens is 4. The highest BCUT2D eigenvalue weighted by Crippen LogP contribution is 2.39. The molecule has 5 atom stereocenters. The maximum atomic E-state index is 13.6. The first-order valence-electron chi connectivity index (χ1n) is 19.0. The Hall–Kier alpha value is -5.70. The van der Waals surface area contributed by atoms with Crippen molar-refractivity contribution in [3.05, 3.63) is 72.6 Å². The van der Waals surface area contributed by atoms with Crippen molar-refractivity contribution in [2.24, 2.45) is 11.8 Å². The van der Waals surface area contributed by atoms with Gasteiger partial charge >= 0.3 is 12.2 Å². The maximum Gasteiger partial charge on any atom is 0.407 e. The fourth-order valence-corrected chi connectivity index (χ4v) is 7.97. The number of carbonyl (C=O) groups excluding carboxylic acids is 4. The molecule has 2 saturated carbocycles. The van der Waals surface area contributed by atoms with Gasteiger partial charge in [-0.25, -0.2) is 19.6 Å². The van der Waals surface area contributed by atoms with Gasteiger partial charge in [-0.3, -0.25) is 9.59 Å². The van der Waals surface area contributed by atoms with Crippen LogP contribution in [-0.2, 0) is 19.1 Å². The molecular formula is C40H46N8O7. The molecule has 8 rings (SSSR count). The molecule has 2 aromatic heterocycles. The molecule has 2 aliphatic carbocycles. The molecule has 4 aliphatic rings. The number of likely N-dealkylation sites (tertiary alicyclic amines) is 2. The number of β-amino-alcohol motifs (C(OH)–C–C–N with tert-alkyl or cyclic N) is 1. The number of hydrogen-bond donors (Lipinski definition) is 5. The van der Waals surface area contributed by atoms with Crippen LogP contribution in [0.3, 0.4) is 0 Å². The lowest BCUT2D eigenvalue weighted by Crippen LogP contribution is -2.50. The predicted molar refractivity (Wildman–Crippen MR) is 200 cm³/mol. The summed E-state index contributed by atoms with van der Waals surface area (Å²) < 4.78 is 9.53. The van der Waals surface area contributed by atoms with Crippen LogP contribution in [-0.4, -0.2) is 104 Å². The van der Waals surface area contributed by atoms with Crippen LogP contribution in [0, 0.1) is 11.8 Å². The molecule has 4 aromatic rings. The Balaban J connectivity index is 0.919. The van der Waals surface area contributed by atoms with E-state index in [1.54, 1.807) is 17.3 Å². The molecule has 4 heterocycles. The third kappa shape index (κ3) is 7.66. The molecule has 0 spiro atoms. The molecule has 2 saturated heterocycles. The average Bonchev–Trinajstić information content (AvgIpc) is 3.98. The normalized spacial score (nSPS) is 21.9. The quantitative estimate of drug-likeness (QED) is 0.144. The summed E-state index contributed by atoms with van der Waals surface area (Å²) in [6, 6.07) is 14.4. The molecule has 0 bridgehead atoms. The Kier molecular flexibility index (Phi) is 10.0. The zero-order valence-corrected chi connectivity index (χ0v) is 30.9. The number of H-pyrrole nitrogens is 2. The summed E-state index contributed by atoms with van der Waals surface area (Å²) in [7, 11) is 2.58. The number of nitrogens with one attached hydrogen (secondary N) is 4. The third-order valence-corrected chi connectivity index (χ3v) is 11.3. The number of nitrogens with zero attached hydrogens (tertiary/aromatic N) is 4. The van der Waals surface area contributed by atoms with E-state index in [4.69, 9.17) is 9.47 Å². The predicted octanol–water partition coefficient (Wildman–Crippen LogP) is 4.70. The summed E-state index contributed by atoms with van der Waals surface area (Å²) in [5, 5.41) is 16.0. The molecule has 2 aromatic carbocycles. The van der Waals surface area contributed by atoms with E-state index in [1.807, 2.05) is 41.3 Å². The molecule has 15 heteroatoms. The van der Waals surface area contributed by atoms with Gasteiger partial charge in [0.05, 0.1) is 56.2 Å². The number of methoxy groups -OCH3 is 2. The number of carbonyl (C=O) groups is 4. The van der Waals surface area contributed by atoms with Crippen molar-refractivity contribution < 1.29 is 33.8 Å². The van der Waals surface area contributed by atoms with Crippen molar-refractivity contribution in [1.29, 1.82) is 0 Å². The summed E-state index contributed by atoms with van der Waals surface area (Å²) in [4.78, 5) is 70.6. The van der Waals surface area contributed by atoms with Crippen LogP contribution < -0.4 is 10.6 Å². The lowest BCUT2D eigenvalue weighted by atomic mass is 10.0. The smallest absolute Gasteiger partial charge is 0.407 e. The maximum absolute atomic E-state index is 13.6. The third-order valence-electron chi connectivity index (χ3n) is 11.3.